The van der Waals surface area contributed by atoms with Crippen molar-refractivity contribution in [3.05, 3.63) is 47.7 Å². The summed E-state index contributed by atoms with van der Waals surface area (Å²) in [6, 6.07) is 0.894. The molecule has 1 N–H and O–H groups in total. The van der Waals surface area contributed by atoms with Gasteiger partial charge in [-0.25, -0.2) is 0 Å². The van der Waals surface area contributed by atoms with E-state index < -0.39 is 37.6 Å². The summed E-state index contributed by atoms with van der Waals surface area (Å²) in [4.78, 5) is 27.8. The van der Waals surface area contributed by atoms with E-state index >= 15 is 0 Å². The van der Waals surface area contributed by atoms with Gasteiger partial charge in [-0.3, -0.25) is 30.3 Å². The Hall–Kier alpha value is -2.86. The smallest absolute Gasteiger partial charge is 0.324 e. The summed E-state index contributed by atoms with van der Waals surface area (Å²) in [6.45, 7) is 8.96. The third kappa shape index (κ3) is 9.09. The SMILES string of the molecule is CCCC[N+]([O-])(CCCC)CCCC.O=[N+]([O-])c1cc([N+](=O)[O-])c(O)c([N+](=O)[O-])c1. The number of nitro benzene ring substituents is 3. The summed E-state index contributed by atoms with van der Waals surface area (Å²) in [5.74, 6) is -1.21. The van der Waals surface area contributed by atoms with Gasteiger partial charge in [0.05, 0.1) is 46.5 Å². The van der Waals surface area contributed by atoms with Crippen molar-refractivity contribution in [2.45, 2.75) is 59.3 Å². The number of non-ortho nitro benzene ring substituents is 1. The van der Waals surface area contributed by atoms with Crippen LogP contribution in [0.15, 0.2) is 12.1 Å². The molecule has 0 saturated carbocycles. The van der Waals surface area contributed by atoms with Crippen LogP contribution in [0.25, 0.3) is 0 Å². The molecule has 0 amide bonds. The molecule has 0 atom stereocenters. The average Bonchev–Trinajstić information content (AvgIpc) is 2.69. The summed E-state index contributed by atoms with van der Waals surface area (Å²) in [7, 11) is 0. The fraction of sp³-hybridized carbons (Fsp3) is 0.667. The lowest BCUT2D eigenvalue weighted by Gasteiger charge is -2.43. The standard InChI is InChI=1S/C12H27NO.C6H3N3O7/c1-4-7-10-13(14,11-8-5-2)12-9-6-3;10-6-4(8(13)14)1-3(7(11)12)2-5(6)9(15)16/h4-12H2,1-3H3;1-2,10H. The first-order valence-corrected chi connectivity index (χ1v) is 9.90. The number of unbranched alkanes of at least 4 members (excludes halogenated alkanes) is 3. The highest BCUT2D eigenvalue weighted by Crippen LogP contribution is 2.38. The number of rotatable bonds is 12. The molecule has 0 heterocycles. The molecule has 12 heteroatoms. The highest BCUT2D eigenvalue weighted by molar-refractivity contribution is 5.64. The van der Waals surface area contributed by atoms with Crippen LogP contribution in [0.5, 0.6) is 5.75 Å². The van der Waals surface area contributed by atoms with Crippen molar-refractivity contribution < 1.29 is 24.5 Å². The lowest BCUT2D eigenvalue weighted by atomic mass is 10.2. The number of quaternary nitrogens is 1. The molecule has 0 aliphatic heterocycles. The summed E-state index contributed by atoms with van der Waals surface area (Å²) in [6.07, 6.45) is 6.66. The van der Waals surface area contributed by atoms with Crippen molar-refractivity contribution in [1.29, 1.82) is 0 Å². The Labute approximate surface area is 174 Å². The van der Waals surface area contributed by atoms with Crippen molar-refractivity contribution in [1.82, 2.24) is 0 Å². The molecular formula is C18H30N4O8. The first-order valence-electron chi connectivity index (χ1n) is 9.90. The fourth-order valence-corrected chi connectivity index (χ4v) is 2.65. The average molecular weight is 430 g/mol. The van der Waals surface area contributed by atoms with Gasteiger partial charge in [-0.05, 0) is 19.3 Å². The van der Waals surface area contributed by atoms with Crippen molar-refractivity contribution in [2.24, 2.45) is 0 Å². The Morgan fingerprint density at radius 2 is 1.10 bits per heavy atom. The number of phenolic OH excluding ortho intramolecular Hbond substituents is 1. The Kier molecular flexibility index (Phi) is 12.1. The van der Waals surface area contributed by atoms with Crippen molar-refractivity contribution >= 4 is 17.1 Å². The van der Waals surface area contributed by atoms with Gasteiger partial charge < -0.3 is 15.0 Å². The predicted molar refractivity (Wildman–Crippen MR) is 111 cm³/mol. The zero-order valence-electron chi connectivity index (χ0n) is 17.6. The molecule has 1 aromatic carbocycles. The molecule has 1 aromatic rings. The van der Waals surface area contributed by atoms with Crippen LogP contribution in [-0.4, -0.2) is 44.2 Å². The third-order valence-corrected chi connectivity index (χ3v) is 4.42. The first kappa shape index (κ1) is 27.1. The minimum absolute atomic E-state index is 0.0650. The second-order valence-corrected chi connectivity index (χ2v) is 6.89. The third-order valence-electron chi connectivity index (χ3n) is 4.42. The van der Waals surface area contributed by atoms with Gasteiger partial charge in [-0.15, -0.1) is 0 Å². The molecule has 30 heavy (non-hydrogen) atoms. The van der Waals surface area contributed by atoms with Crippen LogP contribution in [0.4, 0.5) is 17.1 Å². The number of nitrogens with zero attached hydrogens (tertiary/aromatic N) is 4. The lowest BCUT2D eigenvalue weighted by Crippen LogP contribution is -2.44. The molecule has 12 nitrogen and oxygen atoms in total. The Morgan fingerprint density at radius 1 is 0.767 bits per heavy atom. The number of benzene rings is 1. The number of nitro groups is 3. The topological polar surface area (TPSA) is 173 Å². The van der Waals surface area contributed by atoms with Gasteiger partial charge in [-0.2, -0.15) is 0 Å². The second kappa shape index (κ2) is 13.4. The van der Waals surface area contributed by atoms with Gasteiger partial charge in [-0.1, -0.05) is 40.0 Å². The number of phenols is 1. The number of hydroxylamine groups is 3. The molecule has 0 aliphatic carbocycles. The molecule has 0 aromatic heterocycles. The van der Waals surface area contributed by atoms with Crippen LogP contribution in [-0.2, 0) is 0 Å². The Morgan fingerprint density at radius 3 is 1.33 bits per heavy atom. The molecule has 1 rings (SSSR count). The lowest BCUT2D eigenvalue weighted by molar-refractivity contribution is -0.881. The van der Waals surface area contributed by atoms with Crippen molar-refractivity contribution in [2.75, 3.05) is 19.6 Å². The van der Waals surface area contributed by atoms with E-state index in [2.05, 4.69) is 20.8 Å². The van der Waals surface area contributed by atoms with Crippen LogP contribution < -0.4 is 0 Å². The van der Waals surface area contributed by atoms with Crippen LogP contribution in [0.2, 0.25) is 0 Å². The van der Waals surface area contributed by atoms with E-state index in [0.29, 0.717) is 12.1 Å². The van der Waals surface area contributed by atoms with Crippen LogP contribution in [0.1, 0.15) is 59.3 Å². The zero-order chi connectivity index (χ0) is 23.3. The van der Waals surface area contributed by atoms with Crippen LogP contribution >= 0.6 is 0 Å². The van der Waals surface area contributed by atoms with E-state index in [-0.39, 0.29) is 4.65 Å². The van der Waals surface area contributed by atoms with Crippen LogP contribution in [0, 0.1) is 35.6 Å². The predicted octanol–water partition coefficient (Wildman–Crippen LogP) is 4.82. The van der Waals surface area contributed by atoms with E-state index in [1.165, 1.54) is 0 Å². The number of hydrogen-bond acceptors (Lipinski definition) is 8. The second-order valence-electron chi connectivity index (χ2n) is 6.89. The van der Waals surface area contributed by atoms with Gasteiger partial charge in [0.25, 0.3) is 11.4 Å². The van der Waals surface area contributed by atoms with E-state index in [4.69, 9.17) is 5.11 Å². The zero-order valence-corrected chi connectivity index (χ0v) is 17.6. The quantitative estimate of drug-likeness (QED) is 0.279. The summed E-state index contributed by atoms with van der Waals surface area (Å²) >= 11 is 0. The monoisotopic (exact) mass is 430 g/mol. The largest absolute Gasteiger partial charge is 0.633 e. The van der Waals surface area contributed by atoms with Gasteiger partial charge in [0.2, 0.25) is 0 Å². The normalized spacial score (nSPS) is 10.8. The molecule has 0 fully saturated rings. The maximum Gasteiger partial charge on any atom is 0.324 e. The highest BCUT2D eigenvalue weighted by Gasteiger charge is 2.30. The first-order chi connectivity index (χ1) is 14.0. The van der Waals surface area contributed by atoms with E-state index in [9.17, 15) is 35.6 Å². The van der Waals surface area contributed by atoms with E-state index in [1.54, 1.807) is 0 Å². The van der Waals surface area contributed by atoms with Crippen molar-refractivity contribution in [3.8, 4) is 5.75 Å². The molecule has 0 saturated heterocycles. The van der Waals surface area contributed by atoms with E-state index in [0.717, 1.165) is 58.2 Å². The van der Waals surface area contributed by atoms with Gasteiger partial charge >= 0.3 is 11.4 Å². The summed E-state index contributed by atoms with van der Waals surface area (Å²) in [5.41, 5.74) is -3.00. The van der Waals surface area contributed by atoms with Crippen molar-refractivity contribution in [3.63, 3.8) is 0 Å². The number of hydrogen-bond donors (Lipinski definition) is 1. The minimum atomic E-state index is -1.21. The molecular weight excluding hydrogens is 400 g/mol. The maximum atomic E-state index is 12.3. The molecule has 0 aliphatic rings. The van der Waals surface area contributed by atoms with Gasteiger partial charge in [0, 0.05) is 0 Å². The van der Waals surface area contributed by atoms with Gasteiger partial charge in [0.15, 0.2) is 0 Å². The molecule has 0 radical (unpaired) electrons. The summed E-state index contributed by atoms with van der Waals surface area (Å²) in [5, 5.41) is 52.5. The molecule has 0 spiro atoms. The van der Waals surface area contributed by atoms with Gasteiger partial charge in [0.1, 0.15) is 0 Å². The fourth-order valence-electron chi connectivity index (χ4n) is 2.65. The Balaban J connectivity index is 0.000000567. The van der Waals surface area contributed by atoms with Crippen LogP contribution in [0.3, 0.4) is 0 Å². The molecule has 0 unspecified atom stereocenters. The maximum absolute atomic E-state index is 12.3. The Bertz CT molecular complexity index is 669. The summed E-state index contributed by atoms with van der Waals surface area (Å²) < 4.78 is 0.0650. The number of aromatic hydroxyl groups is 1. The highest BCUT2D eigenvalue weighted by atomic mass is 16.6. The molecule has 0 bridgehead atoms. The minimum Gasteiger partial charge on any atom is -0.633 e. The van der Waals surface area contributed by atoms with E-state index in [1.807, 2.05) is 0 Å². The molecule has 170 valence electrons.